The second-order valence-electron chi connectivity index (χ2n) is 4.18. The average Bonchev–Trinajstić information content (AvgIpc) is 2.35. The summed E-state index contributed by atoms with van der Waals surface area (Å²) in [5.41, 5.74) is 0. The van der Waals surface area contributed by atoms with E-state index in [4.69, 9.17) is 14.9 Å². The molecule has 1 aliphatic rings. The summed E-state index contributed by atoms with van der Waals surface area (Å²) in [6.07, 6.45) is 1.45. The number of carboxylic acid groups (broad SMARTS) is 1. The van der Waals surface area contributed by atoms with Crippen LogP contribution in [0.4, 0.5) is 0 Å². The molecule has 1 atom stereocenters. The van der Waals surface area contributed by atoms with Crippen LogP contribution in [-0.2, 0) is 14.3 Å². The highest BCUT2D eigenvalue weighted by atomic mass is 16.5. The van der Waals surface area contributed by atoms with Gasteiger partial charge in [-0.15, -0.1) is 0 Å². The highest BCUT2D eigenvalue weighted by molar-refractivity contribution is 5.96. The number of aliphatic hydroxyl groups excluding tert-OH is 1. The zero-order valence-corrected chi connectivity index (χ0v) is 9.96. The normalized spacial score (nSPS) is 19.1. The molecule has 1 amide bonds. The van der Waals surface area contributed by atoms with Crippen molar-refractivity contribution in [1.82, 2.24) is 4.90 Å². The highest BCUT2D eigenvalue weighted by Gasteiger charge is 2.29. The standard InChI is InChI=1S/C11H19NO5/c1-8(11(15)16)10(14)12-4-2-9(3-5-12)17-7-6-13/h8-9,13H,2-7H2,1H3,(H,15,16). The van der Waals surface area contributed by atoms with Crippen LogP contribution in [0.1, 0.15) is 19.8 Å². The fraction of sp³-hybridized carbons (Fsp3) is 0.818. The summed E-state index contributed by atoms with van der Waals surface area (Å²) in [6.45, 7) is 2.75. The van der Waals surface area contributed by atoms with Crippen molar-refractivity contribution in [2.75, 3.05) is 26.3 Å². The van der Waals surface area contributed by atoms with Crippen molar-refractivity contribution < 1.29 is 24.5 Å². The summed E-state index contributed by atoms with van der Waals surface area (Å²) >= 11 is 0. The lowest BCUT2D eigenvalue weighted by molar-refractivity contribution is -0.151. The molecular formula is C11H19NO5. The van der Waals surface area contributed by atoms with Gasteiger partial charge in [0.25, 0.3) is 0 Å². The molecule has 1 rings (SSSR count). The lowest BCUT2D eigenvalue weighted by Crippen LogP contribution is -2.44. The van der Waals surface area contributed by atoms with Crippen molar-refractivity contribution in [3.63, 3.8) is 0 Å². The predicted octanol–water partition coefficient (Wildman–Crippen LogP) is -0.293. The summed E-state index contributed by atoms with van der Waals surface area (Å²) in [5.74, 6) is -2.41. The smallest absolute Gasteiger partial charge is 0.315 e. The first-order valence-corrected chi connectivity index (χ1v) is 5.80. The number of piperidine rings is 1. The molecule has 0 bridgehead atoms. The van der Waals surface area contributed by atoms with Gasteiger partial charge < -0.3 is 19.8 Å². The maximum Gasteiger partial charge on any atom is 0.315 e. The Hall–Kier alpha value is -1.14. The molecule has 0 saturated carbocycles. The van der Waals surface area contributed by atoms with Gasteiger partial charge >= 0.3 is 5.97 Å². The minimum Gasteiger partial charge on any atom is -0.481 e. The number of hydrogen-bond acceptors (Lipinski definition) is 4. The topological polar surface area (TPSA) is 87.1 Å². The molecular weight excluding hydrogens is 226 g/mol. The molecule has 6 nitrogen and oxygen atoms in total. The summed E-state index contributed by atoms with van der Waals surface area (Å²) in [4.78, 5) is 24.0. The zero-order valence-electron chi connectivity index (χ0n) is 9.96. The average molecular weight is 245 g/mol. The zero-order chi connectivity index (χ0) is 12.8. The molecule has 1 aliphatic heterocycles. The van der Waals surface area contributed by atoms with Crippen molar-refractivity contribution in [2.45, 2.75) is 25.9 Å². The van der Waals surface area contributed by atoms with Gasteiger partial charge in [0.2, 0.25) is 5.91 Å². The van der Waals surface area contributed by atoms with Gasteiger partial charge in [-0.25, -0.2) is 0 Å². The van der Waals surface area contributed by atoms with E-state index in [0.717, 1.165) is 0 Å². The molecule has 1 heterocycles. The second-order valence-corrected chi connectivity index (χ2v) is 4.18. The van der Waals surface area contributed by atoms with Gasteiger partial charge in [-0.05, 0) is 19.8 Å². The first kappa shape index (κ1) is 13.9. The largest absolute Gasteiger partial charge is 0.481 e. The summed E-state index contributed by atoms with van der Waals surface area (Å²) in [7, 11) is 0. The van der Waals surface area contributed by atoms with E-state index in [9.17, 15) is 9.59 Å². The van der Waals surface area contributed by atoms with E-state index in [1.165, 1.54) is 6.92 Å². The van der Waals surface area contributed by atoms with Gasteiger partial charge in [0.1, 0.15) is 5.92 Å². The van der Waals surface area contributed by atoms with E-state index in [1.54, 1.807) is 4.90 Å². The SMILES string of the molecule is CC(C(=O)O)C(=O)N1CCC(OCCO)CC1. The molecule has 0 aliphatic carbocycles. The number of aliphatic hydroxyl groups is 1. The fourth-order valence-corrected chi connectivity index (χ4v) is 1.84. The predicted molar refractivity (Wildman–Crippen MR) is 59.4 cm³/mol. The third kappa shape index (κ3) is 3.98. The number of carbonyl (C=O) groups is 2. The van der Waals surface area contributed by atoms with Gasteiger partial charge in [-0.3, -0.25) is 9.59 Å². The van der Waals surface area contributed by atoms with E-state index in [-0.39, 0.29) is 18.6 Å². The second kappa shape index (κ2) is 6.56. The Labute approximate surface area is 100 Å². The van der Waals surface area contributed by atoms with E-state index in [0.29, 0.717) is 32.5 Å². The van der Waals surface area contributed by atoms with Crippen molar-refractivity contribution in [3.8, 4) is 0 Å². The van der Waals surface area contributed by atoms with Crippen LogP contribution in [0, 0.1) is 5.92 Å². The maximum atomic E-state index is 11.7. The van der Waals surface area contributed by atoms with Crippen LogP contribution in [0.2, 0.25) is 0 Å². The number of ether oxygens (including phenoxy) is 1. The number of likely N-dealkylation sites (tertiary alicyclic amines) is 1. The molecule has 2 N–H and O–H groups in total. The quantitative estimate of drug-likeness (QED) is 0.650. The van der Waals surface area contributed by atoms with Gasteiger partial charge in [0, 0.05) is 13.1 Å². The Kier molecular flexibility index (Phi) is 5.37. The number of amides is 1. The van der Waals surface area contributed by atoms with Crippen LogP contribution >= 0.6 is 0 Å². The number of aliphatic carboxylic acids is 1. The van der Waals surface area contributed by atoms with Crippen molar-refractivity contribution in [3.05, 3.63) is 0 Å². The number of carbonyl (C=O) groups excluding carboxylic acids is 1. The van der Waals surface area contributed by atoms with Crippen molar-refractivity contribution in [2.24, 2.45) is 5.92 Å². The minimum absolute atomic E-state index is 0.00477. The van der Waals surface area contributed by atoms with Crippen LogP contribution in [0.5, 0.6) is 0 Å². The first-order chi connectivity index (χ1) is 8.06. The summed E-state index contributed by atoms with van der Waals surface area (Å²) in [6, 6.07) is 0. The Morgan fingerprint density at radius 1 is 1.41 bits per heavy atom. The monoisotopic (exact) mass is 245 g/mol. The third-order valence-corrected chi connectivity index (χ3v) is 2.94. The van der Waals surface area contributed by atoms with Crippen LogP contribution < -0.4 is 0 Å². The molecule has 6 heteroatoms. The van der Waals surface area contributed by atoms with E-state index >= 15 is 0 Å². The van der Waals surface area contributed by atoms with Crippen LogP contribution in [-0.4, -0.2) is 59.4 Å². The van der Waals surface area contributed by atoms with E-state index in [2.05, 4.69) is 0 Å². The Morgan fingerprint density at radius 3 is 2.47 bits per heavy atom. The van der Waals surface area contributed by atoms with Crippen LogP contribution in [0.15, 0.2) is 0 Å². The minimum atomic E-state index is -1.09. The van der Waals surface area contributed by atoms with Crippen LogP contribution in [0.3, 0.4) is 0 Å². The van der Waals surface area contributed by atoms with Crippen molar-refractivity contribution >= 4 is 11.9 Å². The molecule has 0 aromatic rings. The summed E-state index contributed by atoms with van der Waals surface area (Å²) in [5, 5.41) is 17.4. The number of nitrogens with zero attached hydrogens (tertiary/aromatic N) is 1. The van der Waals surface area contributed by atoms with Gasteiger partial charge in [-0.2, -0.15) is 0 Å². The number of hydrogen-bond donors (Lipinski definition) is 2. The van der Waals surface area contributed by atoms with Gasteiger partial charge in [-0.1, -0.05) is 0 Å². The first-order valence-electron chi connectivity index (χ1n) is 5.80. The lowest BCUT2D eigenvalue weighted by Gasteiger charge is -2.32. The molecule has 0 spiro atoms. The maximum absolute atomic E-state index is 11.7. The highest BCUT2D eigenvalue weighted by Crippen LogP contribution is 2.15. The fourth-order valence-electron chi connectivity index (χ4n) is 1.84. The number of rotatable bonds is 5. The molecule has 0 aromatic carbocycles. The van der Waals surface area contributed by atoms with Crippen molar-refractivity contribution in [1.29, 1.82) is 0 Å². The van der Waals surface area contributed by atoms with E-state index < -0.39 is 11.9 Å². The van der Waals surface area contributed by atoms with Gasteiger partial charge in [0.05, 0.1) is 19.3 Å². The number of carboxylic acids is 1. The molecule has 98 valence electrons. The van der Waals surface area contributed by atoms with Gasteiger partial charge in [0.15, 0.2) is 0 Å². The third-order valence-electron chi connectivity index (χ3n) is 2.94. The Bertz CT molecular complexity index is 273. The summed E-state index contributed by atoms with van der Waals surface area (Å²) < 4.78 is 5.36. The molecule has 0 radical (unpaired) electrons. The van der Waals surface area contributed by atoms with E-state index in [1.807, 2.05) is 0 Å². The molecule has 0 aromatic heterocycles. The molecule has 1 saturated heterocycles. The molecule has 1 fully saturated rings. The Morgan fingerprint density at radius 2 is 2.00 bits per heavy atom. The lowest BCUT2D eigenvalue weighted by atomic mass is 10.0. The van der Waals surface area contributed by atoms with Crippen LogP contribution in [0.25, 0.3) is 0 Å². The molecule has 17 heavy (non-hydrogen) atoms. The molecule has 1 unspecified atom stereocenters. The Balaban J connectivity index is 2.36.